The highest BCUT2D eigenvalue weighted by Crippen LogP contribution is 2.52. The highest BCUT2D eigenvalue weighted by atomic mass is 31.3. The zero-order chi connectivity index (χ0) is 20.0. The number of anilines is 1. The van der Waals surface area contributed by atoms with E-state index in [0.717, 1.165) is 6.33 Å². The predicted molar refractivity (Wildman–Crippen MR) is 80.1 cm³/mol. The number of hydrogen-bond acceptors (Lipinski definition) is 13. The highest BCUT2D eigenvalue weighted by Gasteiger charge is 2.45. The summed E-state index contributed by atoms with van der Waals surface area (Å²) in [5.74, 6) is 0.0714. The average molecular weight is 425 g/mol. The van der Waals surface area contributed by atoms with Crippen molar-refractivity contribution in [3.8, 4) is 0 Å². The number of phosphoric ester groups is 1. The van der Waals surface area contributed by atoms with Crippen molar-refractivity contribution in [2.45, 2.75) is 24.5 Å². The molecule has 150 valence electrons. The summed E-state index contributed by atoms with van der Waals surface area (Å²) in [6.07, 6.45) is -3.40. The molecule has 1 saturated heterocycles. The average Bonchev–Trinajstić information content (AvgIpc) is 3.07. The van der Waals surface area contributed by atoms with Crippen LogP contribution in [0.4, 0.5) is 5.82 Å². The Hall–Kier alpha value is -1.51. The highest BCUT2D eigenvalue weighted by molar-refractivity contribution is 7.59. The van der Waals surface area contributed by atoms with E-state index >= 15 is 0 Å². The smallest absolute Gasteiger partial charge is 0.274 e. The summed E-state index contributed by atoms with van der Waals surface area (Å²) in [6, 6.07) is 0. The van der Waals surface area contributed by atoms with E-state index < -0.39 is 46.8 Å². The second-order valence-electron chi connectivity index (χ2n) is 5.42. The predicted octanol–water partition coefficient (Wildman–Crippen LogP) is -3.01. The number of imidazole rings is 1. The van der Waals surface area contributed by atoms with Crippen LogP contribution >= 0.6 is 15.6 Å². The van der Waals surface area contributed by atoms with E-state index in [0.29, 0.717) is 0 Å². The lowest BCUT2D eigenvalue weighted by Gasteiger charge is -2.28. The molecule has 1 aliphatic rings. The minimum Gasteiger partial charge on any atom is -0.756 e. The van der Waals surface area contributed by atoms with E-state index in [9.17, 15) is 29.1 Å². The Morgan fingerprint density at radius 1 is 1.26 bits per heavy atom. The van der Waals surface area contributed by atoms with Crippen molar-refractivity contribution in [2.24, 2.45) is 0 Å². The largest absolute Gasteiger partial charge is 0.756 e. The summed E-state index contributed by atoms with van der Waals surface area (Å²) in [5, 5.41) is 20.2. The van der Waals surface area contributed by atoms with Gasteiger partial charge in [-0.15, -0.1) is 0 Å². The molecule has 2 aromatic rings. The lowest BCUT2D eigenvalue weighted by molar-refractivity contribution is -0.242. The van der Waals surface area contributed by atoms with Gasteiger partial charge in [-0.25, -0.2) is 19.3 Å². The molecule has 0 aromatic carbocycles. The summed E-state index contributed by atoms with van der Waals surface area (Å²) < 4.78 is 36.1. The van der Waals surface area contributed by atoms with Gasteiger partial charge in [-0.1, -0.05) is 0 Å². The first-order valence-electron chi connectivity index (χ1n) is 7.14. The van der Waals surface area contributed by atoms with E-state index in [1.807, 2.05) is 0 Å². The van der Waals surface area contributed by atoms with Gasteiger partial charge >= 0.3 is 0 Å². The van der Waals surface area contributed by atoms with Crippen LogP contribution < -0.4 is 15.5 Å². The lowest BCUT2D eigenvalue weighted by Crippen LogP contribution is -2.34. The van der Waals surface area contributed by atoms with E-state index in [1.54, 1.807) is 0 Å². The maximum absolute atomic E-state index is 11.3. The van der Waals surface area contributed by atoms with E-state index in [2.05, 4.69) is 23.8 Å². The molecule has 3 rings (SSSR count). The number of rotatable bonds is 6. The van der Waals surface area contributed by atoms with Crippen molar-refractivity contribution in [2.75, 3.05) is 12.3 Å². The molecule has 0 saturated carbocycles. The molecule has 0 aliphatic carbocycles. The lowest BCUT2D eigenvalue weighted by atomic mass is 10.1. The minimum atomic E-state index is -5.60. The summed E-state index contributed by atoms with van der Waals surface area (Å²) >= 11 is 0. The molecule has 5 N–H and O–H groups in total. The van der Waals surface area contributed by atoms with Crippen molar-refractivity contribution in [3.63, 3.8) is 0 Å². The molecule has 3 heterocycles. The van der Waals surface area contributed by atoms with Crippen LogP contribution in [0.1, 0.15) is 6.23 Å². The van der Waals surface area contributed by atoms with Gasteiger partial charge in [0, 0.05) is 0 Å². The fourth-order valence-electron chi connectivity index (χ4n) is 2.47. The van der Waals surface area contributed by atoms with Crippen LogP contribution in [0.25, 0.3) is 11.2 Å². The third-order valence-electron chi connectivity index (χ3n) is 3.60. The first kappa shape index (κ1) is 20.2. The van der Waals surface area contributed by atoms with Gasteiger partial charge in [0.2, 0.25) is 0 Å². The molecule has 0 spiro atoms. The topological polar surface area (TPSA) is 238 Å². The molecule has 17 heteroatoms. The molecule has 15 nitrogen and oxygen atoms in total. The maximum atomic E-state index is 11.3. The number of phosphoric acid groups is 2. The van der Waals surface area contributed by atoms with Gasteiger partial charge in [-0.05, 0) is 0 Å². The van der Waals surface area contributed by atoms with Gasteiger partial charge in [-0.3, -0.25) is 13.7 Å². The molecular formula is C10H13N5O10P2-2. The van der Waals surface area contributed by atoms with Crippen LogP contribution in [-0.4, -0.2) is 59.5 Å². The maximum Gasteiger partial charge on any atom is 0.274 e. The molecule has 6 atom stereocenters. The normalized spacial score (nSPS) is 30.3. The summed E-state index contributed by atoms with van der Waals surface area (Å²) in [6.45, 7) is -0.904. The van der Waals surface area contributed by atoms with Gasteiger partial charge < -0.3 is 39.9 Å². The van der Waals surface area contributed by atoms with Crippen molar-refractivity contribution in [1.82, 2.24) is 19.5 Å². The van der Waals surface area contributed by atoms with Crippen LogP contribution in [0.3, 0.4) is 0 Å². The number of nitrogens with zero attached hydrogens (tertiary/aromatic N) is 4. The van der Waals surface area contributed by atoms with Gasteiger partial charge in [0.1, 0.15) is 30.2 Å². The molecule has 2 aromatic heterocycles. The molecule has 27 heavy (non-hydrogen) atoms. The fraction of sp³-hybridized carbons (Fsp3) is 0.500. The fourth-order valence-corrected chi connectivity index (χ4v) is 4.00. The molecule has 1 fully saturated rings. The quantitative estimate of drug-likeness (QED) is 0.337. The van der Waals surface area contributed by atoms with Crippen LogP contribution in [0.5, 0.6) is 0 Å². The zero-order valence-electron chi connectivity index (χ0n) is 13.1. The monoisotopic (exact) mass is 425 g/mol. The number of aliphatic hydroxyl groups excluding tert-OH is 2. The third kappa shape index (κ3) is 4.33. The van der Waals surface area contributed by atoms with Gasteiger partial charge in [0.25, 0.3) is 15.6 Å². The Kier molecular flexibility index (Phi) is 5.35. The van der Waals surface area contributed by atoms with Gasteiger partial charge in [0.15, 0.2) is 17.7 Å². The third-order valence-corrected chi connectivity index (χ3v) is 5.69. The van der Waals surface area contributed by atoms with Crippen LogP contribution in [0, 0.1) is 0 Å². The Morgan fingerprint density at radius 2 is 1.96 bits per heavy atom. The second-order valence-corrected chi connectivity index (χ2v) is 8.17. The van der Waals surface area contributed by atoms with Crippen LogP contribution in [-0.2, 0) is 22.7 Å². The molecule has 1 aliphatic heterocycles. The molecule has 0 radical (unpaired) electrons. The van der Waals surface area contributed by atoms with Crippen molar-refractivity contribution in [3.05, 3.63) is 12.7 Å². The number of aromatic nitrogens is 4. The zero-order valence-corrected chi connectivity index (χ0v) is 14.9. The Morgan fingerprint density at radius 3 is 2.63 bits per heavy atom. The standard InChI is InChI=1S/C10H15N5O10P2/c11-8-5-9(13-2-12-8)15(3-14-5)10-7(17)6(16)4(24-10)1-23-27(21,22)25-26(18,19)20/h2-4,6-7,10,16-17H,1H2,(H,21,22)(H2,11,12,13)(H2,18,19,20)/p-2/t4-,6?,7+,10-/m1/s1. The van der Waals surface area contributed by atoms with Crippen molar-refractivity contribution < 1.29 is 47.6 Å². The molecular weight excluding hydrogens is 412 g/mol. The molecule has 0 bridgehead atoms. The minimum absolute atomic E-state index is 0.0714. The van der Waals surface area contributed by atoms with E-state index in [-0.39, 0.29) is 17.0 Å². The van der Waals surface area contributed by atoms with E-state index in [4.69, 9.17) is 15.4 Å². The van der Waals surface area contributed by atoms with Crippen LogP contribution in [0.2, 0.25) is 0 Å². The molecule has 3 unspecified atom stereocenters. The number of nitrogens with two attached hydrogens (primary N) is 1. The number of ether oxygens (including phenoxy) is 1. The number of nitrogen functional groups attached to an aromatic ring is 1. The van der Waals surface area contributed by atoms with Crippen molar-refractivity contribution >= 4 is 32.6 Å². The van der Waals surface area contributed by atoms with Gasteiger partial charge in [0.05, 0.1) is 12.9 Å². The second kappa shape index (κ2) is 7.14. The Labute approximate surface area is 150 Å². The first-order chi connectivity index (χ1) is 12.5. The summed E-state index contributed by atoms with van der Waals surface area (Å²) in [5.41, 5.74) is 6.06. The number of hydrogen-bond donors (Lipinski definition) is 4. The number of aliphatic hydroxyl groups is 2. The van der Waals surface area contributed by atoms with Crippen molar-refractivity contribution in [1.29, 1.82) is 0 Å². The SMILES string of the molecule is Nc1ncnc2c1ncn2[C@@H]1O[C@H](COP(=O)([O-])OP(=O)([O-])O)C(O)[C@@H]1O. The summed E-state index contributed by atoms with van der Waals surface area (Å²) in [7, 11) is -11.0. The van der Waals surface area contributed by atoms with Crippen LogP contribution in [0.15, 0.2) is 12.7 Å². The van der Waals surface area contributed by atoms with Gasteiger partial charge in [-0.2, -0.15) is 0 Å². The van der Waals surface area contributed by atoms with E-state index in [1.165, 1.54) is 10.9 Å². The Balaban J connectivity index is 1.75. The first-order valence-corrected chi connectivity index (χ1v) is 10.1. The Bertz CT molecular complexity index is 932. The number of fused-ring (bicyclic) bond motifs is 1. The summed E-state index contributed by atoms with van der Waals surface area (Å²) in [4.78, 5) is 41.9. The molecule has 0 amide bonds.